The third kappa shape index (κ3) is 5.29. The summed E-state index contributed by atoms with van der Waals surface area (Å²) < 4.78 is 16.8. The van der Waals surface area contributed by atoms with Gasteiger partial charge in [0.05, 0.1) is 31.8 Å². The number of ether oxygens (including phenoxy) is 3. The molecule has 5 rings (SSSR count). The molecule has 1 fully saturated rings. The monoisotopic (exact) mass is 470 g/mol. The lowest BCUT2D eigenvalue weighted by Crippen LogP contribution is -2.07. The highest BCUT2D eigenvalue weighted by atomic mass is 16.5. The van der Waals surface area contributed by atoms with E-state index in [-0.39, 0.29) is 0 Å². The van der Waals surface area contributed by atoms with Crippen molar-refractivity contribution in [2.75, 3.05) is 19.5 Å². The molecule has 3 aromatic heterocycles. The predicted octanol–water partition coefficient (Wildman–Crippen LogP) is 4.41. The molecule has 0 atom stereocenters. The van der Waals surface area contributed by atoms with Crippen LogP contribution in [-0.4, -0.2) is 39.1 Å². The second-order valence-electron chi connectivity index (χ2n) is 8.14. The van der Waals surface area contributed by atoms with Crippen molar-refractivity contribution < 1.29 is 14.2 Å². The third-order valence-electron chi connectivity index (χ3n) is 5.69. The fourth-order valence-corrected chi connectivity index (χ4v) is 3.71. The number of nitrogens with zero attached hydrogens (tertiary/aromatic N) is 5. The Morgan fingerprint density at radius 2 is 1.80 bits per heavy atom. The van der Waals surface area contributed by atoms with E-state index in [1.807, 2.05) is 42.5 Å². The number of anilines is 1. The first-order chi connectivity index (χ1) is 17.2. The van der Waals surface area contributed by atoms with Crippen LogP contribution in [0.15, 0.2) is 61.2 Å². The zero-order chi connectivity index (χ0) is 24.0. The number of hydrogen-bond acceptors (Lipinski definition) is 9. The molecule has 0 saturated heterocycles. The Morgan fingerprint density at radius 1 is 0.943 bits per heavy atom. The summed E-state index contributed by atoms with van der Waals surface area (Å²) in [6, 6.07) is 13.7. The minimum atomic E-state index is 0.391. The van der Waals surface area contributed by atoms with E-state index < -0.39 is 0 Å². The minimum absolute atomic E-state index is 0.391. The van der Waals surface area contributed by atoms with Gasteiger partial charge in [-0.25, -0.2) is 19.9 Å². The highest BCUT2D eigenvalue weighted by molar-refractivity contribution is 5.68. The molecule has 0 unspecified atom stereocenters. The lowest BCUT2D eigenvalue weighted by atomic mass is 10.1. The van der Waals surface area contributed by atoms with Crippen LogP contribution in [0.2, 0.25) is 0 Å². The molecule has 0 bridgehead atoms. The van der Waals surface area contributed by atoms with Gasteiger partial charge in [-0.3, -0.25) is 4.98 Å². The van der Waals surface area contributed by atoms with Crippen LogP contribution in [0, 0.1) is 0 Å². The maximum Gasteiger partial charge on any atom is 0.227 e. The molecule has 3 heterocycles. The van der Waals surface area contributed by atoms with E-state index in [1.54, 1.807) is 26.6 Å². The van der Waals surface area contributed by atoms with Gasteiger partial charge in [-0.15, -0.1) is 0 Å². The third-order valence-corrected chi connectivity index (χ3v) is 5.69. The van der Waals surface area contributed by atoms with E-state index in [1.165, 1.54) is 6.33 Å². The summed E-state index contributed by atoms with van der Waals surface area (Å²) >= 11 is 0. The average Bonchev–Trinajstić information content (AvgIpc) is 3.77. The van der Waals surface area contributed by atoms with E-state index in [0.29, 0.717) is 42.3 Å². The smallest absolute Gasteiger partial charge is 0.227 e. The Kier molecular flexibility index (Phi) is 6.65. The summed E-state index contributed by atoms with van der Waals surface area (Å²) in [6.07, 6.45) is 7.13. The highest BCUT2D eigenvalue weighted by Gasteiger charge is 2.31. The Hall–Kier alpha value is -4.27. The van der Waals surface area contributed by atoms with Crippen molar-refractivity contribution >= 4 is 5.82 Å². The molecule has 1 aromatic carbocycles. The highest BCUT2D eigenvalue weighted by Crippen LogP contribution is 2.45. The molecule has 0 radical (unpaired) electrons. The molecule has 35 heavy (non-hydrogen) atoms. The van der Waals surface area contributed by atoms with Crippen LogP contribution in [0.1, 0.15) is 35.7 Å². The van der Waals surface area contributed by atoms with Gasteiger partial charge >= 0.3 is 0 Å². The SMILES string of the molecule is COc1cnc(-c2c(OC)ncnc2C2CC2)nc1NCc1ccc(OCc2ccccn2)cc1. The number of methoxy groups -OCH3 is 2. The molecule has 1 N–H and O–H groups in total. The predicted molar refractivity (Wildman–Crippen MR) is 130 cm³/mol. The summed E-state index contributed by atoms with van der Waals surface area (Å²) in [5.41, 5.74) is 3.61. The lowest BCUT2D eigenvalue weighted by molar-refractivity contribution is 0.301. The molecule has 4 aromatic rings. The fraction of sp³-hybridized carbons (Fsp3) is 0.269. The molecule has 178 valence electrons. The zero-order valence-corrected chi connectivity index (χ0v) is 19.6. The molecule has 1 aliphatic carbocycles. The number of hydrogen-bond donors (Lipinski definition) is 1. The first kappa shape index (κ1) is 22.5. The number of aromatic nitrogens is 5. The standard InChI is InChI=1S/C26H26N6O3/c1-33-21-14-29-25(22-23(18-8-9-18)30-16-31-26(22)34-2)32-24(21)28-13-17-6-10-20(11-7-17)35-15-19-5-3-4-12-27-19/h3-7,10-12,14,16,18H,8-9,13,15H2,1-2H3,(H,28,29,32). The van der Waals surface area contributed by atoms with Gasteiger partial charge in [-0.2, -0.15) is 0 Å². The van der Waals surface area contributed by atoms with Crippen molar-refractivity contribution in [3.63, 3.8) is 0 Å². The van der Waals surface area contributed by atoms with E-state index in [0.717, 1.165) is 41.1 Å². The molecule has 1 saturated carbocycles. The normalized spacial score (nSPS) is 12.7. The molecular weight excluding hydrogens is 444 g/mol. The van der Waals surface area contributed by atoms with Gasteiger partial charge in [0, 0.05) is 18.7 Å². The Morgan fingerprint density at radius 3 is 2.51 bits per heavy atom. The molecule has 9 heteroatoms. The van der Waals surface area contributed by atoms with Crippen LogP contribution in [0.3, 0.4) is 0 Å². The molecule has 0 spiro atoms. The van der Waals surface area contributed by atoms with Crippen LogP contribution in [0.4, 0.5) is 5.82 Å². The summed E-state index contributed by atoms with van der Waals surface area (Å²) in [7, 11) is 3.19. The first-order valence-electron chi connectivity index (χ1n) is 11.4. The number of pyridine rings is 1. The quantitative estimate of drug-likeness (QED) is 0.361. The van der Waals surface area contributed by atoms with Gasteiger partial charge in [-0.05, 0) is 42.7 Å². The van der Waals surface area contributed by atoms with Crippen molar-refractivity contribution in [2.45, 2.75) is 31.9 Å². The van der Waals surface area contributed by atoms with Gasteiger partial charge < -0.3 is 19.5 Å². The van der Waals surface area contributed by atoms with Crippen molar-refractivity contribution in [3.8, 4) is 28.8 Å². The zero-order valence-electron chi connectivity index (χ0n) is 19.6. The largest absolute Gasteiger partial charge is 0.491 e. The van der Waals surface area contributed by atoms with Crippen LogP contribution in [0.25, 0.3) is 11.4 Å². The summed E-state index contributed by atoms with van der Waals surface area (Å²) in [4.78, 5) is 22.3. The molecule has 9 nitrogen and oxygen atoms in total. The van der Waals surface area contributed by atoms with Crippen molar-refractivity contribution in [1.82, 2.24) is 24.9 Å². The van der Waals surface area contributed by atoms with E-state index in [9.17, 15) is 0 Å². The molecule has 1 aliphatic rings. The van der Waals surface area contributed by atoms with E-state index in [4.69, 9.17) is 19.2 Å². The second-order valence-corrected chi connectivity index (χ2v) is 8.14. The fourth-order valence-electron chi connectivity index (χ4n) is 3.71. The van der Waals surface area contributed by atoms with Crippen LogP contribution < -0.4 is 19.5 Å². The van der Waals surface area contributed by atoms with Gasteiger partial charge in [0.25, 0.3) is 0 Å². The Bertz CT molecular complexity index is 1280. The summed E-state index contributed by atoms with van der Waals surface area (Å²) in [6.45, 7) is 0.972. The van der Waals surface area contributed by atoms with Crippen molar-refractivity contribution in [1.29, 1.82) is 0 Å². The van der Waals surface area contributed by atoms with Gasteiger partial charge in [0.2, 0.25) is 5.88 Å². The molecule has 0 amide bonds. The van der Waals surface area contributed by atoms with Crippen LogP contribution in [-0.2, 0) is 13.2 Å². The Balaban J connectivity index is 1.31. The molecule has 0 aliphatic heterocycles. The lowest BCUT2D eigenvalue weighted by Gasteiger charge is -2.14. The van der Waals surface area contributed by atoms with Crippen molar-refractivity contribution in [3.05, 3.63) is 78.1 Å². The van der Waals surface area contributed by atoms with Gasteiger partial charge in [0.15, 0.2) is 17.4 Å². The minimum Gasteiger partial charge on any atom is -0.491 e. The second kappa shape index (κ2) is 10.3. The van der Waals surface area contributed by atoms with Gasteiger partial charge in [-0.1, -0.05) is 18.2 Å². The molecular formula is C26H26N6O3. The Labute approximate surface area is 203 Å². The van der Waals surface area contributed by atoms with Crippen molar-refractivity contribution in [2.24, 2.45) is 0 Å². The van der Waals surface area contributed by atoms with E-state index in [2.05, 4.69) is 25.3 Å². The van der Waals surface area contributed by atoms with Crippen LogP contribution in [0.5, 0.6) is 17.4 Å². The van der Waals surface area contributed by atoms with Crippen LogP contribution >= 0.6 is 0 Å². The summed E-state index contributed by atoms with van der Waals surface area (Å²) in [5.74, 6) is 3.28. The number of rotatable bonds is 10. The maximum absolute atomic E-state index is 5.82. The van der Waals surface area contributed by atoms with E-state index >= 15 is 0 Å². The maximum atomic E-state index is 5.82. The number of nitrogens with one attached hydrogen (secondary N) is 1. The summed E-state index contributed by atoms with van der Waals surface area (Å²) in [5, 5.41) is 3.36. The topological polar surface area (TPSA) is 104 Å². The first-order valence-corrected chi connectivity index (χ1v) is 11.4. The van der Waals surface area contributed by atoms with Gasteiger partial charge in [0.1, 0.15) is 24.2 Å². The average molecular weight is 471 g/mol. The number of benzene rings is 1.